The predicted octanol–water partition coefficient (Wildman–Crippen LogP) is 5.26. The summed E-state index contributed by atoms with van der Waals surface area (Å²) in [5.41, 5.74) is -0.105. The van der Waals surface area contributed by atoms with Crippen LogP contribution in [0.15, 0.2) is 48.7 Å². The van der Waals surface area contributed by atoms with Crippen LogP contribution in [0.25, 0.3) is 11.4 Å². The zero-order chi connectivity index (χ0) is 28.4. The number of aromatic nitrogens is 2. The van der Waals surface area contributed by atoms with Gasteiger partial charge in [0.25, 0.3) is 5.91 Å². The Kier molecular flexibility index (Phi) is 7.80. The number of methoxy groups -OCH3 is 1. The lowest BCUT2D eigenvalue weighted by atomic mass is 10.1. The number of carboxylic acids is 1. The first-order chi connectivity index (χ1) is 18.4. The molecule has 8 nitrogen and oxygen atoms in total. The average Bonchev–Trinajstić information content (AvgIpc) is 3.73. The molecule has 206 valence electrons. The van der Waals surface area contributed by atoms with Crippen LogP contribution in [0.2, 0.25) is 0 Å². The molecule has 1 aromatic heterocycles. The van der Waals surface area contributed by atoms with Crippen molar-refractivity contribution in [1.29, 1.82) is 0 Å². The second-order valence-electron chi connectivity index (χ2n) is 9.78. The number of carbonyl (C=O) groups excluding carboxylic acids is 1. The first-order valence-electron chi connectivity index (χ1n) is 12.3. The third kappa shape index (κ3) is 6.84. The van der Waals surface area contributed by atoms with Crippen molar-refractivity contribution >= 4 is 11.9 Å². The van der Waals surface area contributed by atoms with Crippen molar-refractivity contribution < 1.29 is 37.3 Å². The minimum Gasteiger partial charge on any atom is -0.497 e. The quantitative estimate of drug-likeness (QED) is 0.359. The summed E-state index contributed by atoms with van der Waals surface area (Å²) in [7, 11) is 1.49. The molecule has 0 saturated heterocycles. The van der Waals surface area contributed by atoms with E-state index >= 15 is 0 Å². The number of carbonyl (C=O) groups is 2. The number of amides is 1. The summed E-state index contributed by atoms with van der Waals surface area (Å²) >= 11 is 0. The topological polar surface area (TPSA) is 111 Å². The van der Waals surface area contributed by atoms with Crippen molar-refractivity contribution in [2.75, 3.05) is 13.7 Å². The highest BCUT2D eigenvalue weighted by Gasteiger charge is 2.32. The van der Waals surface area contributed by atoms with E-state index in [0.717, 1.165) is 30.5 Å². The molecule has 1 aliphatic carbocycles. The zero-order valence-electron chi connectivity index (χ0n) is 21.6. The number of nitrogens with zero attached hydrogens (tertiary/aromatic N) is 2. The van der Waals surface area contributed by atoms with Gasteiger partial charge in [0.05, 0.1) is 23.9 Å². The highest BCUT2D eigenvalue weighted by molar-refractivity contribution is 5.95. The smallest absolute Gasteiger partial charge is 0.416 e. The Balaban J connectivity index is 1.46. The molecule has 11 heteroatoms. The van der Waals surface area contributed by atoms with E-state index in [0.29, 0.717) is 34.7 Å². The molecule has 39 heavy (non-hydrogen) atoms. The number of nitrogens with one attached hydrogen (secondary N) is 1. The molecule has 1 heterocycles. The van der Waals surface area contributed by atoms with E-state index < -0.39 is 23.3 Å². The highest BCUT2D eigenvalue weighted by atomic mass is 19.4. The third-order valence-corrected chi connectivity index (χ3v) is 6.26. The van der Waals surface area contributed by atoms with Crippen LogP contribution in [-0.4, -0.2) is 46.2 Å². The molecule has 1 aliphatic rings. The van der Waals surface area contributed by atoms with E-state index in [2.05, 4.69) is 15.3 Å². The molecule has 0 radical (unpaired) electrons. The van der Waals surface area contributed by atoms with E-state index in [1.165, 1.54) is 39.3 Å². The maximum Gasteiger partial charge on any atom is 0.416 e. The summed E-state index contributed by atoms with van der Waals surface area (Å²) in [6, 6.07) is 9.64. The van der Waals surface area contributed by atoms with Crippen LogP contribution in [0.1, 0.15) is 59.8 Å². The van der Waals surface area contributed by atoms with Crippen LogP contribution < -0.4 is 14.8 Å². The van der Waals surface area contributed by atoms with Crippen molar-refractivity contribution in [3.05, 3.63) is 71.0 Å². The molecule has 3 aromatic rings. The van der Waals surface area contributed by atoms with Gasteiger partial charge in [-0.1, -0.05) is 12.1 Å². The number of alkyl halides is 3. The molecule has 0 atom stereocenters. The lowest BCUT2D eigenvalue weighted by molar-refractivity contribution is -0.152. The minimum absolute atomic E-state index is 0.0950. The Bertz CT molecular complexity index is 1370. The van der Waals surface area contributed by atoms with Crippen LogP contribution in [0, 0.1) is 0 Å². The van der Waals surface area contributed by atoms with E-state index in [1.807, 2.05) is 0 Å². The normalized spacial score (nSPS) is 13.6. The molecular formula is C28H28F3N3O5. The fraction of sp³-hybridized carbons (Fsp3) is 0.357. The van der Waals surface area contributed by atoms with Crippen LogP contribution in [0.4, 0.5) is 13.2 Å². The minimum atomic E-state index is -4.44. The maximum absolute atomic E-state index is 13.0. The van der Waals surface area contributed by atoms with Gasteiger partial charge in [0.1, 0.15) is 11.5 Å². The Morgan fingerprint density at radius 1 is 1.08 bits per heavy atom. The van der Waals surface area contributed by atoms with Crippen LogP contribution >= 0.6 is 0 Å². The van der Waals surface area contributed by atoms with Gasteiger partial charge in [-0.05, 0) is 62.9 Å². The molecule has 0 spiro atoms. The summed E-state index contributed by atoms with van der Waals surface area (Å²) < 4.78 is 49.6. The molecule has 1 amide bonds. The van der Waals surface area contributed by atoms with E-state index in [-0.39, 0.29) is 24.2 Å². The van der Waals surface area contributed by atoms with Crippen molar-refractivity contribution in [2.45, 2.75) is 50.8 Å². The molecule has 1 fully saturated rings. The first-order valence-corrected chi connectivity index (χ1v) is 12.3. The molecule has 2 aromatic carbocycles. The van der Waals surface area contributed by atoms with Gasteiger partial charge in [0.15, 0.2) is 11.4 Å². The summed E-state index contributed by atoms with van der Waals surface area (Å²) in [6.07, 6.45) is -0.883. The van der Waals surface area contributed by atoms with E-state index in [4.69, 9.17) is 9.47 Å². The summed E-state index contributed by atoms with van der Waals surface area (Å²) in [4.78, 5) is 33.2. The number of benzene rings is 2. The molecule has 0 bridgehead atoms. The fourth-order valence-corrected chi connectivity index (χ4v) is 3.89. The van der Waals surface area contributed by atoms with Crippen LogP contribution in [0.5, 0.6) is 11.5 Å². The van der Waals surface area contributed by atoms with Gasteiger partial charge in [-0.15, -0.1) is 0 Å². The maximum atomic E-state index is 13.0. The number of hydrogen-bond donors (Lipinski definition) is 2. The first kappa shape index (κ1) is 27.9. The summed E-state index contributed by atoms with van der Waals surface area (Å²) in [6.45, 7) is 3.15. The fourth-order valence-electron chi connectivity index (χ4n) is 3.89. The molecule has 0 unspecified atom stereocenters. The standard InChI is InChI=1S/C28H28F3N3O5/c1-27(2,26(36)37)39-21-13-16(12-20(14-21)38-3)10-11-32-25(35)22-15-33-24(34-23(22)17-4-5-17)18-6-8-19(9-7-18)28(29,30)31/h6-9,12-15,17H,4-5,10-11H2,1-3H3,(H,32,35)(H,36,37). The Morgan fingerprint density at radius 3 is 2.33 bits per heavy atom. The number of rotatable bonds is 10. The molecule has 2 N–H and O–H groups in total. The van der Waals surface area contributed by atoms with Gasteiger partial charge >= 0.3 is 12.1 Å². The van der Waals surface area contributed by atoms with Crippen molar-refractivity contribution in [1.82, 2.24) is 15.3 Å². The van der Waals surface area contributed by atoms with Crippen molar-refractivity contribution in [3.63, 3.8) is 0 Å². The Morgan fingerprint density at radius 2 is 1.74 bits per heavy atom. The van der Waals surface area contributed by atoms with Crippen LogP contribution in [0.3, 0.4) is 0 Å². The summed E-state index contributed by atoms with van der Waals surface area (Å²) in [5, 5.41) is 12.2. The van der Waals surface area contributed by atoms with E-state index in [9.17, 15) is 27.9 Å². The Hall–Kier alpha value is -4.15. The second kappa shape index (κ2) is 10.9. The lowest BCUT2D eigenvalue weighted by Gasteiger charge is -2.22. The number of hydrogen-bond acceptors (Lipinski definition) is 6. The van der Waals surface area contributed by atoms with Gasteiger partial charge in [0.2, 0.25) is 0 Å². The Labute approximate surface area is 223 Å². The highest BCUT2D eigenvalue weighted by Crippen LogP contribution is 2.41. The molecule has 1 saturated carbocycles. The zero-order valence-corrected chi connectivity index (χ0v) is 21.6. The van der Waals surface area contributed by atoms with Gasteiger partial charge in [-0.2, -0.15) is 13.2 Å². The molecular weight excluding hydrogens is 515 g/mol. The largest absolute Gasteiger partial charge is 0.497 e. The van der Waals surface area contributed by atoms with Gasteiger partial charge in [-0.25, -0.2) is 14.8 Å². The SMILES string of the molecule is COc1cc(CCNC(=O)c2cnc(-c3ccc(C(F)(F)F)cc3)nc2C2CC2)cc(OC(C)(C)C(=O)O)c1. The van der Waals surface area contributed by atoms with Gasteiger partial charge in [0, 0.05) is 30.3 Å². The molecule has 0 aliphatic heterocycles. The number of ether oxygens (including phenoxy) is 2. The predicted molar refractivity (Wildman–Crippen MR) is 136 cm³/mol. The lowest BCUT2D eigenvalue weighted by Crippen LogP contribution is -2.37. The van der Waals surface area contributed by atoms with Crippen molar-refractivity contribution in [3.8, 4) is 22.9 Å². The molecule has 4 rings (SSSR count). The number of aliphatic carboxylic acids is 1. The second-order valence-corrected chi connectivity index (χ2v) is 9.78. The van der Waals surface area contributed by atoms with Crippen molar-refractivity contribution in [2.24, 2.45) is 0 Å². The van der Waals surface area contributed by atoms with Gasteiger partial charge < -0.3 is 19.9 Å². The monoisotopic (exact) mass is 543 g/mol. The summed E-state index contributed by atoms with van der Waals surface area (Å²) in [5.74, 6) is -0.308. The average molecular weight is 544 g/mol. The van der Waals surface area contributed by atoms with Gasteiger partial charge in [-0.3, -0.25) is 4.79 Å². The third-order valence-electron chi connectivity index (χ3n) is 6.26. The number of halogens is 3. The van der Waals surface area contributed by atoms with Crippen LogP contribution in [-0.2, 0) is 17.4 Å². The number of carboxylic acid groups (broad SMARTS) is 1. The van der Waals surface area contributed by atoms with E-state index in [1.54, 1.807) is 18.2 Å².